The van der Waals surface area contributed by atoms with Gasteiger partial charge in [-0.3, -0.25) is 5.32 Å². The fourth-order valence-electron chi connectivity index (χ4n) is 1.60. The van der Waals surface area contributed by atoms with Crippen molar-refractivity contribution in [1.82, 2.24) is 10.2 Å². The molecular formula is C12H18BrN3S. The topological polar surface area (TPSA) is 39.1 Å². The molecule has 1 aromatic heterocycles. The van der Waals surface area contributed by atoms with Crippen molar-refractivity contribution in [2.75, 3.05) is 26.2 Å². The number of halogens is 1. The third-order valence-corrected chi connectivity index (χ3v) is 4.43. The van der Waals surface area contributed by atoms with Crippen molar-refractivity contribution in [3.05, 3.63) is 20.8 Å². The predicted molar refractivity (Wildman–Crippen MR) is 76.2 cm³/mol. The van der Waals surface area contributed by atoms with E-state index in [9.17, 15) is 0 Å². The van der Waals surface area contributed by atoms with Crippen LogP contribution in [0.4, 0.5) is 0 Å². The lowest BCUT2D eigenvalue weighted by molar-refractivity contribution is 0.300. The van der Waals surface area contributed by atoms with Crippen molar-refractivity contribution < 1.29 is 0 Å². The SMILES string of the molecule is CCN(CC)CCNC(C#N)c1cc(Br)cs1. The second kappa shape index (κ2) is 7.83. The first kappa shape index (κ1) is 14.7. The molecule has 17 heavy (non-hydrogen) atoms. The molecule has 1 heterocycles. The summed E-state index contributed by atoms with van der Waals surface area (Å²) in [6.45, 7) is 8.25. The van der Waals surface area contributed by atoms with Crippen LogP contribution in [0.3, 0.4) is 0 Å². The lowest BCUT2D eigenvalue weighted by Gasteiger charge is -2.19. The van der Waals surface area contributed by atoms with Crippen LogP contribution in [0.15, 0.2) is 15.9 Å². The van der Waals surface area contributed by atoms with E-state index >= 15 is 0 Å². The van der Waals surface area contributed by atoms with Crippen LogP contribution in [0.2, 0.25) is 0 Å². The molecule has 1 unspecified atom stereocenters. The van der Waals surface area contributed by atoms with Gasteiger partial charge in [-0.25, -0.2) is 0 Å². The number of thiophene rings is 1. The van der Waals surface area contributed by atoms with E-state index in [-0.39, 0.29) is 6.04 Å². The Morgan fingerprint density at radius 1 is 1.53 bits per heavy atom. The smallest absolute Gasteiger partial charge is 0.130 e. The average Bonchev–Trinajstić information content (AvgIpc) is 2.76. The molecule has 0 aliphatic rings. The number of hydrogen-bond acceptors (Lipinski definition) is 4. The number of nitrogens with zero attached hydrogens (tertiary/aromatic N) is 2. The highest BCUT2D eigenvalue weighted by molar-refractivity contribution is 9.10. The highest BCUT2D eigenvalue weighted by Crippen LogP contribution is 2.25. The molecular weight excluding hydrogens is 298 g/mol. The van der Waals surface area contributed by atoms with Gasteiger partial charge in [0.05, 0.1) is 6.07 Å². The summed E-state index contributed by atoms with van der Waals surface area (Å²) in [4.78, 5) is 3.41. The van der Waals surface area contributed by atoms with E-state index in [1.165, 1.54) is 0 Å². The van der Waals surface area contributed by atoms with Crippen LogP contribution >= 0.6 is 27.3 Å². The van der Waals surface area contributed by atoms with Crippen LogP contribution in [-0.2, 0) is 0 Å². The molecule has 0 aliphatic carbocycles. The van der Waals surface area contributed by atoms with Gasteiger partial charge in [-0.1, -0.05) is 13.8 Å². The molecule has 1 atom stereocenters. The number of nitrogens with one attached hydrogen (secondary N) is 1. The fraction of sp³-hybridized carbons (Fsp3) is 0.583. The molecule has 1 rings (SSSR count). The summed E-state index contributed by atoms with van der Waals surface area (Å²) >= 11 is 5.02. The molecule has 0 spiro atoms. The number of hydrogen-bond donors (Lipinski definition) is 1. The van der Waals surface area contributed by atoms with E-state index in [0.717, 1.165) is 35.5 Å². The molecule has 0 amide bonds. The zero-order valence-electron chi connectivity index (χ0n) is 10.2. The van der Waals surface area contributed by atoms with Gasteiger partial charge in [-0.05, 0) is 35.1 Å². The van der Waals surface area contributed by atoms with Gasteiger partial charge in [0.1, 0.15) is 6.04 Å². The first-order valence-corrected chi connectivity index (χ1v) is 7.47. The van der Waals surface area contributed by atoms with Crippen molar-refractivity contribution in [3.8, 4) is 6.07 Å². The van der Waals surface area contributed by atoms with Gasteiger partial charge >= 0.3 is 0 Å². The quantitative estimate of drug-likeness (QED) is 0.840. The Morgan fingerprint density at radius 3 is 2.71 bits per heavy atom. The Balaban J connectivity index is 2.41. The third kappa shape index (κ3) is 4.76. The largest absolute Gasteiger partial charge is 0.303 e. The molecule has 0 radical (unpaired) electrons. The molecule has 0 saturated carbocycles. The van der Waals surface area contributed by atoms with Crippen molar-refractivity contribution in [2.24, 2.45) is 0 Å². The highest BCUT2D eigenvalue weighted by atomic mass is 79.9. The van der Waals surface area contributed by atoms with Crippen LogP contribution in [0, 0.1) is 11.3 Å². The van der Waals surface area contributed by atoms with E-state index in [1.54, 1.807) is 11.3 Å². The van der Waals surface area contributed by atoms with Gasteiger partial charge in [0.2, 0.25) is 0 Å². The van der Waals surface area contributed by atoms with Crippen molar-refractivity contribution in [2.45, 2.75) is 19.9 Å². The summed E-state index contributed by atoms with van der Waals surface area (Å²) in [6.07, 6.45) is 0. The first-order chi connectivity index (χ1) is 8.21. The van der Waals surface area contributed by atoms with Gasteiger partial charge in [-0.2, -0.15) is 5.26 Å². The van der Waals surface area contributed by atoms with Gasteiger partial charge in [0.15, 0.2) is 0 Å². The van der Waals surface area contributed by atoms with E-state index in [2.05, 4.69) is 46.1 Å². The highest BCUT2D eigenvalue weighted by Gasteiger charge is 2.12. The van der Waals surface area contributed by atoms with E-state index in [0.29, 0.717) is 0 Å². The van der Waals surface area contributed by atoms with Crippen LogP contribution < -0.4 is 5.32 Å². The van der Waals surface area contributed by atoms with Crippen LogP contribution in [0.25, 0.3) is 0 Å². The molecule has 0 aliphatic heterocycles. The normalized spacial score (nSPS) is 12.6. The summed E-state index contributed by atoms with van der Waals surface area (Å²) in [7, 11) is 0. The monoisotopic (exact) mass is 315 g/mol. The second-order valence-corrected chi connectivity index (χ2v) is 5.57. The number of likely N-dealkylation sites (N-methyl/N-ethyl adjacent to an activating group) is 1. The number of rotatable bonds is 7. The van der Waals surface area contributed by atoms with Gasteiger partial charge < -0.3 is 4.90 Å². The zero-order valence-corrected chi connectivity index (χ0v) is 12.6. The van der Waals surface area contributed by atoms with Crippen LogP contribution in [-0.4, -0.2) is 31.1 Å². The minimum absolute atomic E-state index is 0.193. The Hall–Kier alpha value is -0.410. The van der Waals surface area contributed by atoms with Crippen molar-refractivity contribution in [3.63, 3.8) is 0 Å². The maximum atomic E-state index is 9.13. The molecule has 0 fully saturated rings. The summed E-state index contributed by atoms with van der Waals surface area (Å²) in [6, 6.07) is 4.11. The summed E-state index contributed by atoms with van der Waals surface area (Å²) in [5.41, 5.74) is 0. The molecule has 1 N–H and O–H groups in total. The Morgan fingerprint density at radius 2 is 2.24 bits per heavy atom. The lowest BCUT2D eigenvalue weighted by atomic mass is 10.2. The summed E-state index contributed by atoms with van der Waals surface area (Å²) in [5, 5.41) is 14.4. The lowest BCUT2D eigenvalue weighted by Crippen LogP contribution is -2.33. The number of nitriles is 1. The van der Waals surface area contributed by atoms with E-state index in [1.807, 2.05) is 11.4 Å². The molecule has 5 heteroatoms. The molecule has 3 nitrogen and oxygen atoms in total. The van der Waals surface area contributed by atoms with E-state index < -0.39 is 0 Å². The Kier molecular flexibility index (Phi) is 6.75. The molecule has 94 valence electrons. The average molecular weight is 316 g/mol. The van der Waals surface area contributed by atoms with Crippen molar-refractivity contribution in [1.29, 1.82) is 5.26 Å². The van der Waals surface area contributed by atoms with Gasteiger partial charge in [-0.15, -0.1) is 11.3 Å². The minimum atomic E-state index is -0.193. The van der Waals surface area contributed by atoms with Crippen molar-refractivity contribution >= 4 is 27.3 Å². The maximum absolute atomic E-state index is 9.13. The summed E-state index contributed by atoms with van der Waals surface area (Å²) in [5.74, 6) is 0. The van der Waals surface area contributed by atoms with Crippen LogP contribution in [0.1, 0.15) is 24.8 Å². The predicted octanol–water partition coefficient (Wildman–Crippen LogP) is 3.01. The maximum Gasteiger partial charge on any atom is 0.130 e. The first-order valence-electron chi connectivity index (χ1n) is 5.80. The molecule has 0 bridgehead atoms. The zero-order chi connectivity index (χ0) is 12.7. The Labute approximate surface area is 116 Å². The standard InChI is InChI=1S/C12H18BrN3S/c1-3-16(4-2)6-5-15-11(8-14)12-7-10(13)9-17-12/h7,9,11,15H,3-6H2,1-2H3. The van der Waals surface area contributed by atoms with E-state index in [4.69, 9.17) is 5.26 Å². The Bertz CT molecular complexity index is 368. The third-order valence-electron chi connectivity index (χ3n) is 2.67. The second-order valence-electron chi connectivity index (χ2n) is 3.71. The van der Waals surface area contributed by atoms with Gasteiger partial charge in [0, 0.05) is 27.8 Å². The summed E-state index contributed by atoms with van der Waals surface area (Å²) < 4.78 is 1.04. The molecule has 0 aromatic carbocycles. The van der Waals surface area contributed by atoms with Crippen LogP contribution in [0.5, 0.6) is 0 Å². The minimum Gasteiger partial charge on any atom is -0.303 e. The molecule has 1 aromatic rings. The fourth-order valence-corrected chi connectivity index (χ4v) is 3.06. The van der Waals surface area contributed by atoms with Gasteiger partial charge in [0.25, 0.3) is 0 Å². The molecule has 0 saturated heterocycles.